The third-order valence-electron chi connectivity index (χ3n) is 3.21. The second-order valence-corrected chi connectivity index (χ2v) is 4.77. The van der Waals surface area contributed by atoms with Gasteiger partial charge in [-0.1, -0.05) is 17.7 Å². The Morgan fingerprint density at radius 2 is 1.95 bits per heavy atom. The molecule has 0 aliphatic carbocycles. The van der Waals surface area contributed by atoms with E-state index in [1.165, 1.54) is 5.56 Å². The van der Waals surface area contributed by atoms with Crippen molar-refractivity contribution in [3.63, 3.8) is 0 Å². The molecule has 2 aromatic rings. The summed E-state index contributed by atoms with van der Waals surface area (Å²) in [5.41, 5.74) is 2.10. The van der Waals surface area contributed by atoms with E-state index < -0.39 is 5.97 Å². The molecule has 0 saturated heterocycles. The molecule has 112 valence electrons. The first-order valence-corrected chi connectivity index (χ1v) is 6.71. The van der Waals surface area contributed by atoms with Crippen molar-refractivity contribution in [2.45, 2.75) is 20.1 Å². The topological polar surface area (TPSA) is 60.7 Å². The molecule has 0 radical (unpaired) electrons. The molecule has 21 heavy (non-hydrogen) atoms. The Balaban J connectivity index is 1.99. The van der Waals surface area contributed by atoms with Crippen molar-refractivity contribution in [3.05, 3.63) is 53.3 Å². The molecule has 0 spiro atoms. The number of aromatic nitrogens is 1. The van der Waals surface area contributed by atoms with E-state index in [0.717, 1.165) is 5.75 Å². The van der Waals surface area contributed by atoms with Gasteiger partial charge in [0.25, 0.3) is 0 Å². The van der Waals surface area contributed by atoms with E-state index in [1.54, 1.807) is 19.4 Å². The highest BCUT2D eigenvalue weighted by atomic mass is 16.5. The molecule has 1 N–H and O–H groups in total. The molecular formula is C16H19NO4. The fraction of sp³-hybridized carbons (Fsp3) is 0.312. The summed E-state index contributed by atoms with van der Waals surface area (Å²) in [5, 5.41) is 9.13. The number of carboxylic acid groups (broad SMARTS) is 1. The lowest BCUT2D eigenvalue weighted by molar-refractivity contribution is 0.0691. The molecule has 0 amide bonds. The van der Waals surface area contributed by atoms with E-state index in [4.69, 9.17) is 14.6 Å². The van der Waals surface area contributed by atoms with Crippen LogP contribution in [0.25, 0.3) is 0 Å². The number of hydrogen-bond donors (Lipinski definition) is 1. The van der Waals surface area contributed by atoms with Gasteiger partial charge in [-0.25, -0.2) is 4.79 Å². The Morgan fingerprint density at radius 1 is 1.24 bits per heavy atom. The second kappa shape index (κ2) is 6.95. The lowest BCUT2D eigenvalue weighted by Gasteiger charge is -2.11. The maximum absolute atomic E-state index is 11.1. The van der Waals surface area contributed by atoms with Crippen LogP contribution in [0.1, 0.15) is 21.6 Å². The van der Waals surface area contributed by atoms with Crippen LogP contribution in [0.4, 0.5) is 0 Å². The van der Waals surface area contributed by atoms with Crippen molar-refractivity contribution in [3.8, 4) is 5.75 Å². The van der Waals surface area contributed by atoms with Crippen LogP contribution in [-0.2, 0) is 17.9 Å². The number of rotatable bonds is 7. The van der Waals surface area contributed by atoms with Crippen LogP contribution in [0.2, 0.25) is 0 Å². The van der Waals surface area contributed by atoms with Crippen molar-refractivity contribution in [2.75, 3.05) is 13.7 Å². The minimum absolute atomic E-state index is 0.263. The molecule has 0 bridgehead atoms. The van der Waals surface area contributed by atoms with Crippen LogP contribution in [-0.4, -0.2) is 29.4 Å². The van der Waals surface area contributed by atoms with E-state index >= 15 is 0 Å². The average Bonchev–Trinajstić information content (AvgIpc) is 2.85. The van der Waals surface area contributed by atoms with Gasteiger partial charge in [0, 0.05) is 13.3 Å². The number of aryl methyl sites for hydroxylation is 1. The minimum atomic E-state index is -0.944. The summed E-state index contributed by atoms with van der Waals surface area (Å²) in [5.74, 6) is -0.139. The molecule has 5 nitrogen and oxygen atoms in total. The van der Waals surface area contributed by atoms with Crippen molar-refractivity contribution < 1.29 is 19.4 Å². The molecule has 0 fully saturated rings. The maximum Gasteiger partial charge on any atom is 0.337 e. The standard InChI is InChI=1S/C16H19NO4/c1-12-3-5-13(6-4-12)21-10-9-17-8-7-14(16(18)19)15(17)11-20-2/h3-8H,9-11H2,1-2H3,(H,18,19). The number of methoxy groups -OCH3 is 1. The van der Waals surface area contributed by atoms with Crippen LogP contribution in [0.3, 0.4) is 0 Å². The monoisotopic (exact) mass is 289 g/mol. The van der Waals surface area contributed by atoms with Crippen LogP contribution in [0.5, 0.6) is 5.75 Å². The summed E-state index contributed by atoms with van der Waals surface area (Å²) in [6, 6.07) is 9.41. The quantitative estimate of drug-likeness (QED) is 0.851. The average molecular weight is 289 g/mol. The Morgan fingerprint density at radius 3 is 2.57 bits per heavy atom. The third-order valence-corrected chi connectivity index (χ3v) is 3.21. The Hall–Kier alpha value is -2.27. The molecular weight excluding hydrogens is 270 g/mol. The zero-order chi connectivity index (χ0) is 15.2. The molecule has 1 heterocycles. The van der Waals surface area contributed by atoms with Gasteiger partial charge in [-0.05, 0) is 25.1 Å². The highest BCUT2D eigenvalue weighted by Gasteiger charge is 2.14. The molecule has 5 heteroatoms. The summed E-state index contributed by atoms with van der Waals surface area (Å²) in [6.07, 6.45) is 1.75. The minimum Gasteiger partial charge on any atom is -0.492 e. The first-order valence-electron chi connectivity index (χ1n) is 6.71. The summed E-state index contributed by atoms with van der Waals surface area (Å²) in [7, 11) is 1.55. The fourth-order valence-corrected chi connectivity index (χ4v) is 2.10. The van der Waals surface area contributed by atoms with Crippen LogP contribution < -0.4 is 4.74 Å². The Labute approximate surface area is 123 Å². The molecule has 0 saturated carbocycles. The molecule has 1 aromatic heterocycles. The van der Waals surface area contributed by atoms with Gasteiger partial charge in [0.2, 0.25) is 0 Å². The number of ether oxygens (including phenoxy) is 2. The van der Waals surface area contributed by atoms with Crippen LogP contribution in [0.15, 0.2) is 36.5 Å². The zero-order valence-electron chi connectivity index (χ0n) is 12.2. The van der Waals surface area contributed by atoms with Gasteiger partial charge in [-0.3, -0.25) is 0 Å². The van der Waals surface area contributed by atoms with E-state index in [9.17, 15) is 4.79 Å². The summed E-state index contributed by atoms with van der Waals surface area (Å²) < 4.78 is 12.6. The first kappa shape index (κ1) is 15.1. The van der Waals surface area contributed by atoms with Crippen molar-refractivity contribution in [1.82, 2.24) is 4.57 Å². The number of hydrogen-bond acceptors (Lipinski definition) is 3. The van der Waals surface area contributed by atoms with Gasteiger partial charge in [0.15, 0.2) is 0 Å². The van der Waals surface area contributed by atoms with Gasteiger partial charge in [0.05, 0.1) is 24.4 Å². The summed E-state index contributed by atoms with van der Waals surface area (Å²) in [4.78, 5) is 11.1. The largest absolute Gasteiger partial charge is 0.492 e. The highest BCUT2D eigenvalue weighted by Crippen LogP contribution is 2.14. The lowest BCUT2D eigenvalue weighted by atomic mass is 10.2. The van der Waals surface area contributed by atoms with E-state index in [0.29, 0.717) is 18.8 Å². The van der Waals surface area contributed by atoms with E-state index in [-0.39, 0.29) is 12.2 Å². The van der Waals surface area contributed by atoms with Gasteiger partial charge in [0.1, 0.15) is 12.4 Å². The molecule has 1 aromatic carbocycles. The zero-order valence-corrected chi connectivity index (χ0v) is 12.2. The summed E-state index contributed by atoms with van der Waals surface area (Å²) in [6.45, 7) is 3.32. The normalized spacial score (nSPS) is 10.6. The predicted molar refractivity (Wildman–Crippen MR) is 78.8 cm³/mol. The van der Waals surface area contributed by atoms with Gasteiger partial charge in [-0.15, -0.1) is 0 Å². The fourth-order valence-electron chi connectivity index (χ4n) is 2.10. The smallest absolute Gasteiger partial charge is 0.337 e. The number of benzene rings is 1. The van der Waals surface area contributed by atoms with Gasteiger partial charge < -0.3 is 19.1 Å². The second-order valence-electron chi connectivity index (χ2n) is 4.77. The van der Waals surface area contributed by atoms with Gasteiger partial charge in [-0.2, -0.15) is 0 Å². The van der Waals surface area contributed by atoms with Crippen LogP contribution >= 0.6 is 0 Å². The van der Waals surface area contributed by atoms with Crippen molar-refractivity contribution in [2.24, 2.45) is 0 Å². The Kier molecular flexibility index (Phi) is 5.00. The lowest BCUT2D eigenvalue weighted by Crippen LogP contribution is -2.12. The van der Waals surface area contributed by atoms with Gasteiger partial charge >= 0.3 is 5.97 Å². The van der Waals surface area contributed by atoms with Crippen molar-refractivity contribution in [1.29, 1.82) is 0 Å². The predicted octanol–water partition coefficient (Wildman–Crippen LogP) is 2.72. The van der Waals surface area contributed by atoms with Crippen molar-refractivity contribution >= 4 is 5.97 Å². The molecule has 0 aliphatic rings. The summed E-state index contributed by atoms with van der Waals surface area (Å²) >= 11 is 0. The number of carboxylic acids is 1. The number of aromatic carboxylic acids is 1. The SMILES string of the molecule is COCc1c(C(=O)O)ccn1CCOc1ccc(C)cc1. The third kappa shape index (κ3) is 3.86. The molecule has 0 atom stereocenters. The number of carbonyl (C=O) groups is 1. The highest BCUT2D eigenvalue weighted by molar-refractivity contribution is 5.89. The van der Waals surface area contributed by atoms with E-state index in [2.05, 4.69) is 0 Å². The molecule has 2 rings (SSSR count). The first-order chi connectivity index (χ1) is 10.1. The molecule has 0 aliphatic heterocycles. The van der Waals surface area contributed by atoms with E-state index in [1.807, 2.05) is 35.8 Å². The van der Waals surface area contributed by atoms with Crippen LogP contribution in [0, 0.1) is 6.92 Å². The molecule has 0 unspecified atom stereocenters. The maximum atomic E-state index is 11.1. The Bertz CT molecular complexity index is 601. The number of nitrogens with zero attached hydrogens (tertiary/aromatic N) is 1.